The molecule has 0 aliphatic carbocycles. The summed E-state index contributed by atoms with van der Waals surface area (Å²) in [5.41, 5.74) is 5.33. The second-order valence-corrected chi connectivity index (χ2v) is 7.86. The smallest absolute Gasteiger partial charge is 0.132 e. The molecule has 4 aromatic carbocycles. The predicted molar refractivity (Wildman–Crippen MR) is 124 cm³/mol. The van der Waals surface area contributed by atoms with Crippen molar-refractivity contribution in [2.24, 2.45) is 0 Å². The second kappa shape index (κ2) is 7.37. The first-order valence-corrected chi connectivity index (χ1v) is 10.2. The lowest BCUT2D eigenvalue weighted by Gasteiger charge is -2.32. The summed E-state index contributed by atoms with van der Waals surface area (Å²) in [4.78, 5) is 0. The van der Waals surface area contributed by atoms with Crippen molar-refractivity contribution in [3.05, 3.63) is 120 Å². The molecule has 0 bridgehead atoms. The molecule has 0 amide bonds. The van der Waals surface area contributed by atoms with Gasteiger partial charge in [0.15, 0.2) is 0 Å². The molecule has 0 saturated heterocycles. The Balaban J connectivity index is 1.86. The van der Waals surface area contributed by atoms with E-state index in [1.54, 1.807) is 30.3 Å². The largest absolute Gasteiger partial charge is 0.508 e. The SMILES string of the molecule is C=CC1=C(c2ccc(O)cc2)C(c2cccc(C)c2)c2c(ccc3cc(O)ccc23)O1. The van der Waals surface area contributed by atoms with Gasteiger partial charge in [-0.3, -0.25) is 0 Å². The Morgan fingerprint density at radius 3 is 2.39 bits per heavy atom. The number of fused-ring (bicyclic) bond motifs is 3. The zero-order valence-corrected chi connectivity index (χ0v) is 17.2. The Hall–Kier alpha value is -3.98. The topological polar surface area (TPSA) is 49.7 Å². The van der Waals surface area contributed by atoms with Gasteiger partial charge in [0.2, 0.25) is 0 Å². The summed E-state index contributed by atoms with van der Waals surface area (Å²) in [5.74, 6) is 1.83. The Morgan fingerprint density at radius 2 is 1.65 bits per heavy atom. The van der Waals surface area contributed by atoms with Crippen LogP contribution in [0.1, 0.15) is 28.2 Å². The van der Waals surface area contributed by atoms with Gasteiger partial charge in [0.05, 0.1) is 0 Å². The normalized spacial score (nSPS) is 15.5. The zero-order valence-electron chi connectivity index (χ0n) is 17.2. The molecule has 3 heteroatoms. The second-order valence-electron chi connectivity index (χ2n) is 7.86. The van der Waals surface area contributed by atoms with E-state index in [1.165, 1.54) is 5.56 Å². The number of hydrogen-bond donors (Lipinski definition) is 2. The fourth-order valence-electron chi connectivity index (χ4n) is 4.45. The number of benzene rings is 4. The molecule has 1 heterocycles. The van der Waals surface area contributed by atoms with Crippen molar-refractivity contribution in [2.75, 3.05) is 0 Å². The summed E-state index contributed by atoms with van der Waals surface area (Å²) < 4.78 is 6.34. The van der Waals surface area contributed by atoms with Gasteiger partial charge in [0.25, 0.3) is 0 Å². The van der Waals surface area contributed by atoms with Gasteiger partial charge in [-0.25, -0.2) is 0 Å². The van der Waals surface area contributed by atoms with Gasteiger partial charge in [-0.15, -0.1) is 0 Å². The van der Waals surface area contributed by atoms with Crippen LogP contribution in [-0.2, 0) is 0 Å². The van der Waals surface area contributed by atoms with Crippen LogP contribution in [0.3, 0.4) is 0 Å². The Labute approximate surface area is 181 Å². The van der Waals surface area contributed by atoms with Crippen molar-refractivity contribution in [1.29, 1.82) is 0 Å². The number of hydrogen-bond acceptors (Lipinski definition) is 3. The number of aryl methyl sites for hydroxylation is 1. The highest BCUT2D eigenvalue weighted by Gasteiger charge is 2.32. The van der Waals surface area contributed by atoms with Gasteiger partial charge in [-0.1, -0.05) is 60.7 Å². The average molecular weight is 406 g/mol. The van der Waals surface area contributed by atoms with E-state index in [1.807, 2.05) is 30.3 Å². The van der Waals surface area contributed by atoms with Gasteiger partial charge in [0.1, 0.15) is 23.0 Å². The van der Waals surface area contributed by atoms with E-state index in [0.29, 0.717) is 5.76 Å². The lowest BCUT2D eigenvalue weighted by Crippen LogP contribution is -2.16. The Kier molecular flexibility index (Phi) is 4.52. The fourth-order valence-corrected chi connectivity index (χ4v) is 4.45. The number of phenolic OH excluding ortho intramolecular Hbond substituents is 2. The third-order valence-electron chi connectivity index (χ3n) is 5.81. The summed E-state index contributed by atoms with van der Waals surface area (Å²) in [5, 5.41) is 21.8. The molecule has 1 aliphatic rings. The Bertz CT molecular complexity index is 1350. The summed E-state index contributed by atoms with van der Waals surface area (Å²) in [6.45, 7) is 6.09. The highest BCUT2D eigenvalue weighted by Crippen LogP contribution is 2.50. The Morgan fingerprint density at radius 1 is 0.871 bits per heavy atom. The van der Waals surface area contributed by atoms with Gasteiger partial charge in [-0.2, -0.15) is 0 Å². The van der Waals surface area contributed by atoms with Crippen molar-refractivity contribution in [3.63, 3.8) is 0 Å². The van der Waals surface area contributed by atoms with E-state index in [0.717, 1.165) is 38.8 Å². The minimum absolute atomic E-state index is 0.102. The standard InChI is InChI=1S/C28H22O3/c1-3-24-26(18-7-10-21(29)11-8-18)27(20-6-4-5-17(2)15-20)28-23-13-12-22(30)16-19(23)9-14-25(28)31-24/h3-16,27,29-30H,1H2,2H3. The number of allylic oxidation sites excluding steroid dienone is 2. The summed E-state index contributed by atoms with van der Waals surface area (Å²) in [6, 6.07) is 25.0. The first-order valence-electron chi connectivity index (χ1n) is 10.2. The summed E-state index contributed by atoms with van der Waals surface area (Å²) >= 11 is 0. The van der Waals surface area contributed by atoms with Gasteiger partial charge >= 0.3 is 0 Å². The first kappa shape index (κ1) is 19.0. The maximum atomic E-state index is 10.0. The van der Waals surface area contributed by atoms with Crippen molar-refractivity contribution < 1.29 is 14.9 Å². The number of phenols is 2. The minimum atomic E-state index is -0.102. The van der Waals surface area contributed by atoms with Crippen LogP contribution in [0.5, 0.6) is 17.2 Å². The number of aromatic hydroxyl groups is 2. The van der Waals surface area contributed by atoms with Crippen molar-refractivity contribution >= 4 is 16.3 Å². The van der Waals surface area contributed by atoms with Crippen molar-refractivity contribution in [1.82, 2.24) is 0 Å². The zero-order chi connectivity index (χ0) is 21.5. The average Bonchev–Trinajstić information content (AvgIpc) is 2.78. The number of rotatable bonds is 3. The molecule has 31 heavy (non-hydrogen) atoms. The molecule has 0 fully saturated rings. The van der Waals surface area contributed by atoms with E-state index in [9.17, 15) is 10.2 Å². The molecular weight excluding hydrogens is 384 g/mol. The quantitative estimate of drug-likeness (QED) is 0.399. The highest BCUT2D eigenvalue weighted by molar-refractivity contribution is 5.94. The summed E-state index contributed by atoms with van der Waals surface area (Å²) in [7, 11) is 0. The van der Waals surface area contributed by atoms with Crippen molar-refractivity contribution in [3.8, 4) is 17.2 Å². The highest BCUT2D eigenvalue weighted by atomic mass is 16.5. The minimum Gasteiger partial charge on any atom is -0.508 e. The molecule has 0 radical (unpaired) electrons. The van der Waals surface area contributed by atoms with Crippen LogP contribution in [0, 0.1) is 6.92 Å². The van der Waals surface area contributed by atoms with Crippen LogP contribution in [0.25, 0.3) is 16.3 Å². The third kappa shape index (κ3) is 3.24. The van der Waals surface area contributed by atoms with E-state index in [4.69, 9.17) is 4.74 Å². The summed E-state index contributed by atoms with van der Waals surface area (Å²) in [6.07, 6.45) is 1.74. The van der Waals surface area contributed by atoms with E-state index < -0.39 is 0 Å². The molecule has 0 aromatic heterocycles. The van der Waals surface area contributed by atoms with E-state index in [-0.39, 0.29) is 17.4 Å². The molecule has 2 N–H and O–H groups in total. The molecule has 1 atom stereocenters. The fraction of sp³-hybridized carbons (Fsp3) is 0.0714. The van der Waals surface area contributed by atoms with Crippen LogP contribution in [0.4, 0.5) is 0 Å². The molecule has 1 unspecified atom stereocenters. The lowest BCUT2D eigenvalue weighted by atomic mass is 9.77. The van der Waals surface area contributed by atoms with Gasteiger partial charge in [-0.05, 0) is 65.2 Å². The predicted octanol–water partition coefficient (Wildman–Crippen LogP) is 6.68. The monoisotopic (exact) mass is 406 g/mol. The van der Waals surface area contributed by atoms with Crippen LogP contribution in [-0.4, -0.2) is 10.2 Å². The first-order chi connectivity index (χ1) is 15.0. The molecule has 0 spiro atoms. The maximum Gasteiger partial charge on any atom is 0.132 e. The van der Waals surface area contributed by atoms with Gasteiger partial charge in [0, 0.05) is 17.1 Å². The molecule has 1 aliphatic heterocycles. The van der Waals surface area contributed by atoms with E-state index >= 15 is 0 Å². The lowest BCUT2D eigenvalue weighted by molar-refractivity contribution is 0.430. The molecular formula is C28H22O3. The molecule has 4 aromatic rings. The third-order valence-corrected chi connectivity index (χ3v) is 5.81. The van der Waals surface area contributed by atoms with Crippen LogP contribution in [0.15, 0.2) is 97.3 Å². The number of ether oxygens (including phenoxy) is 1. The molecule has 152 valence electrons. The van der Waals surface area contributed by atoms with Crippen molar-refractivity contribution in [2.45, 2.75) is 12.8 Å². The molecule has 3 nitrogen and oxygen atoms in total. The van der Waals surface area contributed by atoms with Crippen LogP contribution in [0.2, 0.25) is 0 Å². The molecule has 0 saturated carbocycles. The van der Waals surface area contributed by atoms with Crippen LogP contribution < -0.4 is 4.74 Å². The molecule has 5 rings (SSSR count). The van der Waals surface area contributed by atoms with E-state index in [2.05, 4.69) is 37.8 Å². The van der Waals surface area contributed by atoms with Gasteiger partial charge < -0.3 is 14.9 Å². The maximum absolute atomic E-state index is 10.0. The van der Waals surface area contributed by atoms with Crippen LogP contribution >= 0.6 is 0 Å².